The zero-order valence-electron chi connectivity index (χ0n) is 6.90. The number of aliphatic hydroxyl groups excluding tert-OH is 3. The van der Waals surface area contributed by atoms with Gasteiger partial charge in [0.2, 0.25) is 0 Å². The van der Waals surface area contributed by atoms with Crippen LogP contribution in [0.1, 0.15) is 26.2 Å². The van der Waals surface area contributed by atoms with Gasteiger partial charge in [-0.3, -0.25) is 0 Å². The normalized spacial score (nSPS) is 16.4. The van der Waals surface area contributed by atoms with E-state index < -0.39 is 12.2 Å². The van der Waals surface area contributed by atoms with E-state index in [1.54, 1.807) is 6.42 Å². The summed E-state index contributed by atoms with van der Waals surface area (Å²) >= 11 is 0. The molecule has 0 aromatic heterocycles. The van der Waals surface area contributed by atoms with Crippen molar-refractivity contribution < 1.29 is 15.3 Å². The molecule has 2 unspecified atom stereocenters. The Bertz CT molecular complexity index is 85.4. The molecule has 0 saturated carbocycles. The van der Waals surface area contributed by atoms with Crippen molar-refractivity contribution in [2.75, 3.05) is 6.61 Å². The van der Waals surface area contributed by atoms with Crippen molar-refractivity contribution in [3.63, 3.8) is 0 Å². The highest BCUT2D eigenvalue weighted by Crippen LogP contribution is 2.06. The summed E-state index contributed by atoms with van der Waals surface area (Å²) in [5.74, 6) is 0. The molecule has 0 aromatic rings. The molecular weight excluding hydrogens is 144 g/mol. The molecule has 0 aliphatic carbocycles. The van der Waals surface area contributed by atoms with Crippen LogP contribution in [0.3, 0.4) is 0 Å². The highest BCUT2D eigenvalue weighted by atomic mass is 16.3. The quantitative estimate of drug-likeness (QED) is 0.484. The van der Waals surface area contributed by atoms with Gasteiger partial charge in [0.25, 0.3) is 0 Å². The number of hydrogen-bond donors (Lipinski definition) is 3. The first-order chi connectivity index (χ1) is 5.22. The topological polar surface area (TPSA) is 60.7 Å². The number of hydrogen-bond acceptors (Lipinski definition) is 3. The monoisotopic (exact) mass is 161 g/mol. The Hall–Kier alpha value is -0.120. The molecule has 3 heteroatoms. The lowest BCUT2D eigenvalue weighted by Crippen LogP contribution is -2.24. The zero-order valence-corrected chi connectivity index (χ0v) is 6.90. The van der Waals surface area contributed by atoms with E-state index in [1.165, 1.54) is 0 Å². The smallest absolute Gasteiger partial charge is 0.0799 e. The van der Waals surface area contributed by atoms with E-state index in [4.69, 9.17) is 10.2 Å². The highest BCUT2D eigenvalue weighted by molar-refractivity contribution is 4.70. The van der Waals surface area contributed by atoms with Gasteiger partial charge in [-0.2, -0.15) is 0 Å². The van der Waals surface area contributed by atoms with E-state index in [0.29, 0.717) is 19.3 Å². The molecule has 0 amide bonds. The van der Waals surface area contributed by atoms with E-state index >= 15 is 0 Å². The second-order valence-electron chi connectivity index (χ2n) is 2.59. The fourth-order valence-corrected chi connectivity index (χ4v) is 0.844. The van der Waals surface area contributed by atoms with Crippen LogP contribution in [0.15, 0.2) is 0 Å². The van der Waals surface area contributed by atoms with E-state index in [9.17, 15) is 5.11 Å². The van der Waals surface area contributed by atoms with Crippen LogP contribution in [-0.4, -0.2) is 34.1 Å². The van der Waals surface area contributed by atoms with Crippen LogP contribution in [0.4, 0.5) is 0 Å². The van der Waals surface area contributed by atoms with E-state index in [0.717, 1.165) is 0 Å². The van der Waals surface area contributed by atoms with Crippen molar-refractivity contribution in [3.8, 4) is 0 Å². The largest absolute Gasteiger partial charge is 0.396 e. The third-order valence-corrected chi connectivity index (χ3v) is 1.66. The van der Waals surface area contributed by atoms with Crippen molar-refractivity contribution in [2.45, 2.75) is 38.4 Å². The molecule has 0 heterocycles. The second-order valence-corrected chi connectivity index (χ2v) is 2.59. The predicted octanol–water partition coefficient (Wildman–Crippen LogP) is 0.0950. The summed E-state index contributed by atoms with van der Waals surface area (Å²) in [6.07, 6.45) is 2.14. The summed E-state index contributed by atoms with van der Waals surface area (Å²) in [6, 6.07) is 0. The van der Waals surface area contributed by atoms with Gasteiger partial charge in [-0.25, -0.2) is 0 Å². The summed E-state index contributed by atoms with van der Waals surface area (Å²) in [6.45, 7) is 1.86. The molecule has 2 atom stereocenters. The first-order valence-corrected chi connectivity index (χ1v) is 4.01. The number of rotatable bonds is 6. The van der Waals surface area contributed by atoms with Gasteiger partial charge < -0.3 is 15.3 Å². The molecule has 0 rings (SSSR count). The maximum atomic E-state index is 9.19. The molecule has 0 fully saturated rings. The average molecular weight is 161 g/mol. The Morgan fingerprint density at radius 2 is 1.91 bits per heavy atom. The minimum absolute atomic E-state index is 0.0366. The van der Waals surface area contributed by atoms with Crippen LogP contribution in [0.2, 0.25) is 0 Å². The fraction of sp³-hybridized carbons (Fsp3) is 0.875. The van der Waals surface area contributed by atoms with Gasteiger partial charge in [0.1, 0.15) is 0 Å². The molecule has 0 aliphatic heterocycles. The zero-order chi connectivity index (χ0) is 8.69. The SMILES string of the molecule is CCC(O)C(O)CC[CH]CO. The van der Waals surface area contributed by atoms with Crippen LogP contribution in [0, 0.1) is 6.42 Å². The molecule has 0 bridgehead atoms. The van der Waals surface area contributed by atoms with Gasteiger partial charge in [-0.05, 0) is 25.7 Å². The number of aliphatic hydroxyl groups is 3. The van der Waals surface area contributed by atoms with Crippen LogP contribution < -0.4 is 0 Å². The lowest BCUT2D eigenvalue weighted by molar-refractivity contribution is 0.0126. The first-order valence-electron chi connectivity index (χ1n) is 4.01. The van der Waals surface area contributed by atoms with E-state index in [-0.39, 0.29) is 6.61 Å². The van der Waals surface area contributed by atoms with Gasteiger partial charge in [0.05, 0.1) is 12.2 Å². The molecule has 0 aliphatic rings. The summed E-state index contributed by atoms with van der Waals surface area (Å²) in [7, 11) is 0. The fourth-order valence-electron chi connectivity index (χ4n) is 0.844. The molecule has 3 N–H and O–H groups in total. The molecule has 0 saturated heterocycles. The minimum Gasteiger partial charge on any atom is -0.396 e. The Morgan fingerprint density at radius 3 is 2.36 bits per heavy atom. The lowest BCUT2D eigenvalue weighted by Gasteiger charge is -2.14. The lowest BCUT2D eigenvalue weighted by atomic mass is 10.1. The summed E-state index contributed by atoms with van der Waals surface area (Å²) in [5.41, 5.74) is 0. The Labute approximate surface area is 67.7 Å². The Balaban J connectivity index is 3.28. The molecular formula is C8H17O3. The van der Waals surface area contributed by atoms with Crippen LogP contribution in [0.5, 0.6) is 0 Å². The van der Waals surface area contributed by atoms with E-state index in [2.05, 4.69) is 0 Å². The maximum Gasteiger partial charge on any atom is 0.0799 e. The Kier molecular flexibility index (Phi) is 6.51. The van der Waals surface area contributed by atoms with Gasteiger partial charge in [0, 0.05) is 6.61 Å². The van der Waals surface area contributed by atoms with Gasteiger partial charge >= 0.3 is 0 Å². The third-order valence-electron chi connectivity index (χ3n) is 1.66. The third kappa shape index (κ3) is 5.18. The van der Waals surface area contributed by atoms with Gasteiger partial charge in [-0.1, -0.05) is 6.92 Å². The summed E-state index contributed by atoms with van der Waals surface area (Å²) in [4.78, 5) is 0. The Morgan fingerprint density at radius 1 is 1.27 bits per heavy atom. The van der Waals surface area contributed by atoms with Crippen LogP contribution in [-0.2, 0) is 0 Å². The second kappa shape index (κ2) is 6.58. The van der Waals surface area contributed by atoms with Crippen molar-refractivity contribution in [1.29, 1.82) is 0 Å². The van der Waals surface area contributed by atoms with Crippen LogP contribution in [0.25, 0.3) is 0 Å². The minimum atomic E-state index is -0.650. The van der Waals surface area contributed by atoms with Crippen molar-refractivity contribution in [2.24, 2.45) is 0 Å². The van der Waals surface area contributed by atoms with Crippen LogP contribution >= 0.6 is 0 Å². The predicted molar refractivity (Wildman–Crippen MR) is 42.9 cm³/mol. The molecule has 0 aromatic carbocycles. The van der Waals surface area contributed by atoms with Gasteiger partial charge in [0.15, 0.2) is 0 Å². The summed E-state index contributed by atoms with van der Waals surface area (Å²) < 4.78 is 0. The molecule has 11 heavy (non-hydrogen) atoms. The van der Waals surface area contributed by atoms with Gasteiger partial charge in [-0.15, -0.1) is 0 Å². The molecule has 0 spiro atoms. The van der Waals surface area contributed by atoms with E-state index in [1.807, 2.05) is 6.92 Å². The maximum absolute atomic E-state index is 9.19. The molecule has 1 radical (unpaired) electrons. The van der Waals surface area contributed by atoms with Crippen molar-refractivity contribution in [1.82, 2.24) is 0 Å². The summed E-state index contributed by atoms with van der Waals surface area (Å²) in [5, 5.41) is 26.7. The standard InChI is InChI=1S/C8H17O3/c1-2-7(10)8(11)5-3-4-6-9/h4,7-11H,2-3,5-6H2,1H3. The molecule has 67 valence electrons. The average Bonchev–Trinajstić information content (AvgIpc) is 2.03. The number of unbranched alkanes of at least 4 members (excludes halogenated alkanes) is 1. The highest BCUT2D eigenvalue weighted by Gasteiger charge is 2.12. The van der Waals surface area contributed by atoms with Crippen molar-refractivity contribution in [3.05, 3.63) is 6.42 Å². The first kappa shape index (κ1) is 10.9. The molecule has 3 nitrogen and oxygen atoms in total. The van der Waals surface area contributed by atoms with Crippen molar-refractivity contribution >= 4 is 0 Å².